The van der Waals surface area contributed by atoms with E-state index in [0.717, 1.165) is 30.6 Å². The summed E-state index contributed by atoms with van der Waals surface area (Å²) in [5.74, 6) is 0.803. The Morgan fingerprint density at radius 2 is 2.33 bits per heavy atom. The smallest absolute Gasteiger partial charge is 0.124 e. The second-order valence-electron chi connectivity index (χ2n) is 4.34. The van der Waals surface area contributed by atoms with Crippen LogP contribution < -0.4 is 5.73 Å². The van der Waals surface area contributed by atoms with Gasteiger partial charge in [-0.05, 0) is 32.6 Å². The number of aromatic nitrogens is 2. The van der Waals surface area contributed by atoms with Crippen LogP contribution in [-0.4, -0.2) is 23.0 Å². The Bertz CT molecular complexity index is 335. The minimum absolute atomic E-state index is 0.368. The zero-order chi connectivity index (χ0) is 10.8. The highest BCUT2D eigenvalue weighted by molar-refractivity contribution is 5.37. The summed E-state index contributed by atoms with van der Waals surface area (Å²) in [4.78, 5) is 0. The van der Waals surface area contributed by atoms with Gasteiger partial charge in [0.25, 0.3) is 0 Å². The number of ether oxygens (including phenoxy) is 1. The van der Waals surface area contributed by atoms with E-state index in [2.05, 4.69) is 5.10 Å². The van der Waals surface area contributed by atoms with Gasteiger partial charge >= 0.3 is 0 Å². The van der Waals surface area contributed by atoms with Gasteiger partial charge in [-0.15, -0.1) is 0 Å². The maximum absolute atomic E-state index is 5.98. The third-order valence-electron chi connectivity index (χ3n) is 3.30. The van der Waals surface area contributed by atoms with Gasteiger partial charge < -0.3 is 10.5 Å². The first-order valence-corrected chi connectivity index (χ1v) is 5.54. The number of nitrogens with two attached hydrogens (primary N) is 1. The molecule has 1 fully saturated rings. The Balaban J connectivity index is 2.13. The van der Waals surface area contributed by atoms with Crippen molar-refractivity contribution >= 4 is 5.82 Å². The van der Waals surface area contributed by atoms with Crippen molar-refractivity contribution in [1.29, 1.82) is 0 Å². The van der Waals surface area contributed by atoms with Crippen molar-refractivity contribution in [2.75, 3.05) is 12.8 Å². The molecular formula is C11H19N3O. The monoisotopic (exact) mass is 209 g/mol. The highest BCUT2D eigenvalue weighted by Crippen LogP contribution is 2.31. The van der Waals surface area contributed by atoms with Crippen molar-refractivity contribution in [3.8, 4) is 0 Å². The third-order valence-corrected chi connectivity index (χ3v) is 3.30. The first-order valence-electron chi connectivity index (χ1n) is 5.54. The Kier molecular flexibility index (Phi) is 2.95. The Labute approximate surface area is 90.4 Å². The molecule has 1 heterocycles. The number of methoxy groups -OCH3 is 1. The fourth-order valence-corrected chi connectivity index (χ4v) is 2.31. The number of anilines is 1. The van der Waals surface area contributed by atoms with Crippen LogP contribution in [0.2, 0.25) is 0 Å². The average Bonchev–Trinajstić information content (AvgIpc) is 2.60. The molecule has 0 saturated heterocycles. The van der Waals surface area contributed by atoms with E-state index >= 15 is 0 Å². The quantitative estimate of drug-likeness (QED) is 0.809. The molecule has 2 N–H and O–H groups in total. The van der Waals surface area contributed by atoms with Gasteiger partial charge in [0.2, 0.25) is 0 Å². The molecule has 1 aromatic rings. The summed E-state index contributed by atoms with van der Waals surface area (Å²) in [5.41, 5.74) is 7.04. The average molecular weight is 209 g/mol. The molecule has 2 rings (SSSR count). The van der Waals surface area contributed by atoms with E-state index in [4.69, 9.17) is 10.5 Å². The summed E-state index contributed by atoms with van der Waals surface area (Å²) in [7, 11) is 1.78. The standard InChI is InChI=1S/C11H19N3O/c1-8-7-13-14(11(8)12)9-4-3-5-10(6-9)15-2/h7,9-10H,3-6,12H2,1-2H3. The lowest BCUT2D eigenvalue weighted by molar-refractivity contribution is 0.0512. The van der Waals surface area contributed by atoms with Gasteiger partial charge in [-0.1, -0.05) is 0 Å². The highest BCUT2D eigenvalue weighted by atomic mass is 16.5. The molecule has 1 aliphatic rings. The topological polar surface area (TPSA) is 53.1 Å². The van der Waals surface area contributed by atoms with E-state index in [0.29, 0.717) is 12.1 Å². The molecule has 4 heteroatoms. The molecule has 0 bridgehead atoms. The van der Waals surface area contributed by atoms with Crippen LogP contribution in [0, 0.1) is 6.92 Å². The van der Waals surface area contributed by atoms with Gasteiger partial charge in [-0.3, -0.25) is 0 Å². The lowest BCUT2D eigenvalue weighted by atomic mass is 9.93. The van der Waals surface area contributed by atoms with Crippen molar-refractivity contribution in [1.82, 2.24) is 9.78 Å². The van der Waals surface area contributed by atoms with Crippen molar-refractivity contribution < 1.29 is 4.74 Å². The van der Waals surface area contributed by atoms with Crippen LogP contribution in [0.25, 0.3) is 0 Å². The molecule has 0 spiro atoms. The zero-order valence-corrected chi connectivity index (χ0v) is 9.44. The molecule has 2 unspecified atom stereocenters. The van der Waals surface area contributed by atoms with Crippen molar-refractivity contribution in [3.05, 3.63) is 11.8 Å². The maximum atomic E-state index is 5.98. The molecule has 0 amide bonds. The first kappa shape index (κ1) is 10.5. The summed E-state index contributed by atoms with van der Waals surface area (Å²) >= 11 is 0. The second kappa shape index (κ2) is 4.23. The number of nitrogen functional groups attached to an aromatic ring is 1. The van der Waals surface area contributed by atoms with Crippen molar-refractivity contribution in [2.24, 2.45) is 0 Å². The predicted molar refractivity (Wildman–Crippen MR) is 59.7 cm³/mol. The molecule has 1 saturated carbocycles. The Morgan fingerprint density at radius 1 is 1.53 bits per heavy atom. The zero-order valence-electron chi connectivity index (χ0n) is 9.44. The number of nitrogens with zero attached hydrogens (tertiary/aromatic N) is 2. The predicted octanol–water partition coefficient (Wildman–Crippen LogP) is 1.90. The molecule has 0 radical (unpaired) electrons. The van der Waals surface area contributed by atoms with Crippen molar-refractivity contribution in [3.63, 3.8) is 0 Å². The van der Waals surface area contributed by atoms with E-state index in [1.165, 1.54) is 6.42 Å². The summed E-state index contributed by atoms with van der Waals surface area (Å²) in [5, 5.41) is 4.34. The van der Waals surface area contributed by atoms with Crippen LogP contribution in [0.15, 0.2) is 6.20 Å². The van der Waals surface area contributed by atoms with Gasteiger partial charge in [-0.2, -0.15) is 5.10 Å². The fraction of sp³-hybridized carbons (Fsp3) is 0.727. The van der Waals surface area contributed by atoms with Gasteiger partial charge in [0.1, 0.15) is 5.82 Å². The van der Waals surface area contributed by atoms with Gasteiger partial charge in [-0.25, -0.2) is 4.68 Å². The lowest BCUT2D eigenvalue weighted by Crippen LogP contribution is -2.25. The largest absolute Gasteiger partial charge is 0.384 e. The summed E-state index contributed by atoms with van der Waals surface area (Å²) in [6.07, 6.45) is 6.75. The minimum atomic E-state index is 0.368. The van der Waals surface area contributed by atoms with Gasteiger partial charge in [0.15, 0.2) is 0 Å². The van der Waals surface area contributed by atoms with Crippen LogP contribution in [0.5, 0.6) is 0 Å². The SMILES string of the molecule is COC1CCCC(n2ncc(C)c2N)C1. The van der Waals surface area contributed by atoms with E-state index in [9.17, 15) is 0 Å². The van der Waals surface area contributed by atoms with Gasteiger partial charge in [0, 0.05) is 12.7 Å². The molecule has 2 atom stereocenters. The summed E-state index contributed by atoms with van der Waals surface area (Å²) in [6.45, 7) is 2.00. The molecule has 1 aliphatic carbocycles. The lowest BCUT2D eigenvalue weighted by Gasteiger charge is -2.28. The Hall–Kier alpha value is -1.03. The van der Waals surface area contributed by atoms with Crippen LogP contribution in [0.3, 0.4) is 0 Å². The van der Waals surface area contributed by atoms with Crippen LogP contribution in [-0.2, 0) is 4.74 Å². The van der Waals surface area contributed by atoms with E-state index < -0.39 is 0 Å². The summed E-state index contributed by atoms with van der Waals surface area (Å²) < 4.78 is 7.37. The molecule has 15 heavy (non-hydrogen) atoms. The van der Waals surface area contributed by atoms with E-state index in [1.54, 1.807) is 7.11 Å². The molecule has 84 valence electrons. The van der Waals surface area contributed by atoms with Crippen LogP contribution >= 0.6 is 0 Å². The first-order chi connectivity index (χ1) is 7.22. The van der Waals surface area contributed by atoms with Crippen LogP contribution in [0.1, 0.15) is 37.3 Å². The Morgan fingerprint density at radius 3 is 2.93 bits per heavy atom. The number of rotatable bonds is 2. The highest BCUT2D eigenvalue weighted by Gasteiger charge is 2.24. The molecular weight excluding hydrogens is 190 g/mol. The van der Waals surface area contributed by atoms with Crippen molar-refractivity contribution in [2.45, 2.75) is 44.8 Å². The second-order valence-corrected chi connectivity index (χ2v) is 4.34. The van der Waals surface area contributed by atoms with E-state index in [-0.39, 0.29) is 0 Å². The number of hydrogen-bond acceptors (Lipinski definition) is 3. The normalized spacial score (nSPS) is 26.8. The summed E-state index contributed by atoms with van der Waals surface area (Å²) in [6, 6.07) is 0.414. The molecule has 0 aromatic carbocycles. The minimum Gasteiger partial charge on any atom is -0.384 e. The van der Waals surface area contributed by atoms with Crippen LogP contribution in [0.4, 0.5) is 5.82 Å². The fourth-order valence-electron chi connectivity index (χ4n) is 2.31. The molecule has 4 nitrogen and oxygen atoms in total. The third kappa shape index (κ3) is 2.00. The number of aryl methyl sites for hydroxylation is 1. The molecule has 0 aliphatic heterocycles. The van der Waals surface area contributed by atoms with E-state index in [1.807, 2.05) is 17.8 Å². The maximum Gasteiger partial charge on any atom is 0.124 e. The number of hydrogen-bond donors (Lipinski definition) is 1. The van der Waals surface area contributed by atoms with Gasteiger partial charge in [0.05, 0.1) is 18.3 Å². The molecule has 1 aromatic heterocycles.